The molecule has 2 N–H and O–H groups in total. The molecule has 0 bridgehead atoms. The number of hydrazine groups is 1. The molecule has 6 nitrogen and oxygen atoms in total. The van der Waals surface area contributed by atoms with E-state index in [2.05, 4.69) is 6.58 Å². The highest BCUT2D eigenvalue weighted by molar-refractivity contribution is 7.89. The lowest BCUT2D eigenvalue weighted by Gasteiger charge is -2.10. The van der Waals surface area contributed by atoms with Crippen molar-refractivity contribution >= 4 is 15.9 Å². The normalized spacial score (nSPS) is 10.9. The molecule has 0 unspecified atom stereocenters. The number of hydrogen-bond donors (Lipinski definition) is 2. The first-order chi connectivity index (χ1) is 11.4. The Bertz CT molecular complexity index is 853. The highest BCUT2D eigenvalue weighted by atomic mass is 32.2. The van der Waals surface area contributed by atoms with E-state index in [-0.39, 0.29) is 12.2 Å². The van der Waals surface area contributed by atoms with Gasteiger partial charge in [-0.2, -0.15) is 0 Å². The van der Waals surface area contributed by atoms with Crippen LogP contribution < -0.4 is 15.0 Å². The highest BCUT2D eigenvalue weighted by Crippen LogP contribution is 2.14. The summed E-state index contributed by atoms with van der Waals surface area (Å²) >= 11 is 0. The zero-order valence-corrected chi connectivity index (χ0v) is 13.3. The molecule has 0 radical (unpaired) electrons. The molecule has 0 spiro atoms. The van der Waals surface area contributed by atoms with Crippen molar-refractivity contribution in [1.82, 2.24) is 10.3 Å². The van der Waals surface area contributed by atoms with Gasteiger partial charge in [0.25, 0.3) is 15.9 Å². The molecule has 8 heteroatoms. The van der Waals surface area contributed by atoms with E-state index < -0.39 is 26.6 Å². The zero-order chi connectivity index (χ0) is 17.6. The van der Waals surface area contributed by atoms with Crippen LogP contribution in [0.2, 0.25) is 0 Å². The molecule has 126 valence electrons. The fourth-order valence-electron chi connectivity index (χ4n) is 1.79. The lowest BCUT2D eigenvalue weighted by molar-refractivity contribution is 0.0944. The third-order valence-corrected chi connectivity index (χ3v) is 4.17. The average molecular weight is 350 g/mol. The molecule has 2 rings (SSSR count). The van der Waals surface area contributed by atoms with Gasteiger partial charge in [0.2, 0.25) is 0 Å². The van der Waals surface area contributed by atoms with Gasteiger partial charge in [0.05, 0.1) is 0 Å². The van der Waals surface area contributed by atoms with E-state index in [9.17, 15) is 17.6 Å². The average Bonchev–Trinajstić information content (AvgIpc) is 2.58. The maximum atomic E-state index is 13.5. The molecule has 0 fully saturated rings. The summed E-state index contributed by atoms with van der Waals surface area (Å²) < 4.78 is 42.8. The number of carbonyl (C=O) groups is 1. The van der Waals surface area contributed by atoms with Crippen LogP contribution in [0.4, 0.5) is 4.39 Å². The van der Waals surface area contributed by atoms with E-state index in [4.69, 9.17) is 4.74 Å². The fourth-order valence-corrected chi connectivity index (χ4v) is 2.71. The molecule has 2 aromatic rings. The van der Waals surface area contributed by atoms with Crippen LogP contribution in [0.15, 0.2) is 66.1 Å². The minimum atomic E-state index is -4.22. The van der Waals surface area contributed by atoms with E-state index in [1.165, 1.54) is 24.3 Å². The summed E-state index contributed by atoms with van der Waals surface area (Å²) in [6.07, 6.45) is 1.55. The third-order valence-electron chi connectivity index (χ3n) is 2.89. The van der Waals surface area contributed by atoms with E-state index in [0.29, 0.717) is 5.75 Å². The van der Waals surface area contributed by atoms with Crippen molar-refractivity contribution in [2.75, 3.05) is 6.61 Å². The number of sulfonamides is 1. The number of nitrogens with one attached hydrogen (secondary N) is 2. The van der Waals surface area contributed by atoms with Crippen molar-refractivity contribution in [3.63, 3.8) is 0 Å². The number of amides is 1. The summed E-state index contributed by atoms with van der Waals surface area (Å²) in [6.45, 7) is 3.78. The van der Waals surface area contributed by atoms with E-state index >= 15 is 0 Å². The molecule has 0 saturated carbocycles. The number of carbonyl (C=O) groups excluding carboxylic acids is 1. The summed E-state index contributed by atoms with van der Waals surface area (Å²) in [4.78, 5) is 13.3. The van der Waals surface area contributed by atoms with Crippen LogP contribution in [-0.2, 0) is 10.0 Å². The van der Waals surface area contributed by atoms with Gasteiger partial charge in [0.15, 0.2) is 0 Å². The molecule has 1 amide bonds. The van der Waals surface area contributed by atoms with Gasteiger partial charge in [0.1, 0.15) is 23.1 Å². The summed E-state index contributed by atoms with van der Waals surface area (Å²) in [5, 5.41) is 0. The first-order valence-electron chi connectivity index (χ1n) is 6.84. The van der Waals surface area contributed by atoms with E-state index in [1.807, 2.05) is 10.3 Å². The van der Waals surface area contributed by atoms with E-state index in [1.54, 1.807) is 18.2 Å². The van der Waals surface area contributed by atoms with Crippen LogP contribution >= 0.6 is 0 Å². The quantitative estimate of drug-likeness (QED) is 0.591. The summed E-state index contributed by atoms with van der Waals surface area (Å²) in [6, 6.07) is 11.0. The largest absolute Gasteiger partial charge is 0.490 e. The number of hydrogen-bond acceptors (Lipinski definition) is 4. The highest BCUT2D eigenvalue weighted by Gasteiger charge is 2.19. The van der Waals surface area contributed by atoms with Gasteiger partial charge in [-0.1, -0.05) is 30.9 Å². The molecule has 0 aliphatic rings. The van der Waals surface area contributed by atoms with Crippen molar-refractivity contribution in [2.45, 2.75) is 4.90 Å². The Morgan fingerprint density at radius 1 is 1.21 bits per heavy atom. The Morgan fingerprint density at radius 2 is 1.96 bits per heavy atom. The Labute approximate surface area is 139 Å². The standard InChI is InChI=1S/C16H15FN2O4S/c1-2-10-23-13-7-5-6-12(11-13)16(20)18-19-24(21,22)15-9-4-3-8-14(15)17/h2-9,11,19H,1,10H2,(H,18,20). The zero-order valence-electron chi connectivity index (χ0n) is 12.5. The van der Waals surface area contributed by atoms with Crippen molar-refractivity contribution in [3.8, 4) is 5.75 Å². The lowest BCUT2D eigenvalue weighted by Crippen LogP contribution is -2.41. The number of benzene rings is 2. The van der Waals surface area contributed by atoms with Crippen LogP contribution in [0.3, 0.4) is 0 Å². The second kappa shape index (κ2) is 7.71. The molecule has 0 aliphatic heterocycles. The monoisotopic (exact) mass is 350 g/mol. The van der Waals surface area contributed by atoms with Crippen LogP contribution in [-0.4, -0.2) is 20.9 Å². The van der Waals surface area contributed by atoms with Crippen LogP contribution in [0.1, 0.15) is 10.4 Å². The Balaban J connectivity index is 2.08. The molecule has 0 aromatic heterocycles. The minimum absolute atomic E-state index is 0.174. The Hall–Kier alpha value is -2.71. The minimum Gasteiger partial charge on any atom is -0.490 e. The van der Waals surface area contributed by atoms with Crippen molar-refractivity contribution in [2.24, 2.45) is 0 Å². The lowest BCUT2D eigenvalue weighted by atomic mass is 10.2. The molecular formula is C16H15FN2O4S. The van der Waals surface area contributed by atoms with Gasteiger partial charge in [-0.25, -0.2) is 12.8 Å². The maximum Gasteiger partial charge on any atom is 0.266 e. The predicted molar refractivity (Wildman–Crippen MR) is 86.3 cm³/mol. The third kappa shape index (κ3) is 4.40. The van der Waals surface area contributed by atoms with Gasteiger partial charge in [0, 0.05) is 5.56 Å². The van der Waals surface area contributed by atoms with E-state index in [0.717, 1.165) is 12.1 Å². The van der Waals surface area contributed by atoms with Gasteiger partial charge < -0.3 is 4.74 Å². The topological polar surface area (TPSA) is 84.5 Å². The number of ether oxygens (including phenoxy) is 1. The van der Waals surface area contributed by atoms with Gasteiger partial charge in [-0.15, -0.1) is 4.83 Å². The molecule has 0 atom stereocenters. The van der Waals surface area contributed by atoms with Gasteiger partial charge >= 0.3 is 0 Å². The predicted octanol–water partition coefficient (Wildman–Crippen LogP) is 2.01. The summed E-state index contributed by atoms with van der Waals surface area (Å²) in [5.41, 5.74) is 2.20. The van der Waals surface area contributed by atoms with Crippen LogP contribution in [0.5, 0.6) is 5.75 Å². The van der Waals surface area contributed by atoms with Gasteiger partial charge in [-0.05, 0) is 30.3 Å². The number of rotatable bonds is 7. The summed E-state index contributed by atoms with van der Waals surface area (Å²) in [7, 11) is -4.22. The molecule has 0 heterocycles. The smallest absolute Gasteiger partial charge is 0.266 e. The second-order valence-corrected chi connectivity index (χ2v) is 6.27. The van der Waals surface area contributed by atoms with Crippen LogP contribution in [0.25, 0.3) is 0 Å². The second-order valence-electron chi connectivity index (χ2n) is 4.62. The Morgan fingerprint density at radius 3 is 2.67 bits per heavy atom. The fraction of sp³-hybridized carbons (Fsp3) is 0.0625. The molecule has 24 heavy (non-hydrogen) atoms. The van der Waals surface area contributed by atoms with Gasteiger partial charge in [-0.3, -0.25) is 10.2 Å². The first-order valence-corrected chi connectivity index (χ1v) is 8.33. The maximum absolute atomic E-state index is 13.5. The number of halogens is 1. The molecular weight excluding hydrogens is 335 g/mol. The Kier molecular flexibility index (Phi) is 5.67. The van der Waals surface area contributed by atoms with Crippen molar-refractivity contribution < 1.29 is 22.3 Å². The summed E-state index contributed by atoms with van der Waals surface area (Å²) in [5.74, 6) is -1.20. The van der Waals surface area contributed by atoms with Crippen LogP contribution in [0, 0.1) is 5.82 Å². The molecule has 0 saturated heterocycles. The van der Waals surface area contributed by atoms with Crippen molar-refractivity contribution in [3.05, 3.63) is 72.6 Å². The van der Waals surface area contributed by atoms with Crippen molar-refractivity contribution in [1.29, 1.82) is 0 Å². The molecule has 0 aliphatic carbocycles. The SMILES string of the molecule is C=CCOc1cccc(C(=O)NNS(=O)(=O)c2ccccc2F)c1. The molecule has 2 aromatic carbocycles. The first kappa shape index (κ1) is 17.6.